The van der Waals surface area contributed by atoms with Gasteiger partial charge in [-0.15, -0.1) is 0 Å². The molecule has 5 aromatic rings. The first-order valence-electron chi connectivity index (χ1n) is 11.5. The van der Waals surface area contributed by atoms with E-state index in [4.69, 9.17) is 9.47 Å². The van der Waals surface area contributed by atoms with Crippen LogP contribution in [0.5, 0.6) is 23.0 Å². The third-order valence-corrected chi connectivity index (χ3v) is 5.60. The predicted molar refractivity (Wildman–Crippen MR) is 139 cm³/mol. The summed E-state index contributed by atoms with van der Waals surface area (Å²) in [6.45, 7) is 0. The van der Waals surface area contributed by atoms with E-state index in [1.165, 1.54) is 0 Å². The monoisotopic (exact) mass is 470 g/mol. The average Bonchev–Trinajstić information content (AvgIpc) is 2.94. The molecule has 0 spiro atoms. The van der Waals surface area contributed by atoms with Gasteiger partial charge in [-0.3, -0.25) is 9.59 Å². The molecule has 0 unspecified atom stereocenters. The first-order chi connectivity index (χ1) is 17.7. The van der Waals surface area contributed by atoms with Crippen LogP contribution >= 0.6 is 0 Å². The summed E-state index contributed by atoms with van der Waals surface area (Å²) in [6.07, 6.45) is 0. The van der Waals surface area contributed by atoms with Crippen LogP contribution in [-0.4, -0.2) is 11.6 Å². The fraction of sp³-hybridized carbons (Fsp3) is 0. The van der Waals surface area contributed by atoms with Crippen LogP contribution in [0.15, 0.2) is 133 Å². The second-order valence-electron chi connectivity index (χ2n) is 8.11. The van der Waals surface area contributed by atoms with Crippen molar-refractivity contribution >= 4 is 11.6 Å². The van der Waals surface area contributed by atoms with Crippen LogP contribution in [0.4, 0.5) is 0 Å². The first-order valence-corrected chi connectivity index (χ1v) is 11.5. The first kappa shape index (κ1) is 22.8. The predicted octanol–water partition coefficient (Wildman–Crippen LogP) is 7.73. The molecular weight excluding hydrogens is 448 g/mol. The molecule has 0 aliphatic carbocycles. The SMILES string of the molecule is O=C(c1ccc(Oc2ccccc2)cc1)c1ccc(C(=O)c2ccc(Oc3ccccc3)cc2)cc1. The second kappa shape index (κ2) is 10.5. The molecule has 4 nitrogen and oxygen atoms in total. The van der Waals surface area contributed by atoms with Crippen molar-refractivity contribution in [3.05, 3.63) is 156 Å². The van der Waals surface area contributed by atoms with Gasteiger partial charge in [-0.1, -0.05) is 60.7 Å². The molecule has 0 N–H and O–H groups in total. The summed E-state index contributed by atoms with van der Waals surface area (Å²) in [7, 11) is 0. The van der Waals surface area contributed by atoms with Crippen LogP contribution in [0.2, 0.25) is 0 Å². The van der Waals surface area contributed by atoms with E-state index in [1.54, 1.807) is 72.8 Å². The van der Waals surface area contributed by atoms with Crippen LogP contribution in [-0.2, 0) is 0 Å². The molecule has 0 radical (unpaired) electrons. The Morgan fingerprint density at radius 1 is 0.333 bits per heavy atom. The molecule has 0 atom stereocenters. The number of ketones is 2. The summed E-state index contributed by atoms with van der Waals surface area (Å²) in [5, 5.41) is 0. The second-order valence-corrected chi connectivity index (χ2v) is 8.11. The van der Waals surface area contributed by atoms with E-state index in [2.05, 4.69) is 0 Å². The Bertz CT molecular complexity index is 1340. The number of hydrogen-bond donors (Lipinski definition) is 0. The molecular formula is C32H22O4. The fourth-order valence-electron chi connectivity index (χ4n) is 3.70. The molecule has 36 heavy (non-hydrogen) atoms. The van der Waals surface area contributed by atoms with Gasteiger partial charge < -0.3 is 9.47 Å². The van der Waals surface area contributed by atoms with Gasteiger partial charge in [0.05, 0.1) is 0 Å². The highest BCUT2D eigenvalue weighted by Gasteiger charge is 2.13. The molecule has 4 heteroatoms. The van der Waals surface area contributed by atoms with Crippen molar-refractivity contribution in [2.24, 2.45) is 0 Å². The van der Waals surface area contributed by atoms with Gasteiger partial charge >= 0.3 is 0 Å². The summed E-state index contributed by atoms with van der Waals surface area (Å²) >= 11 is 0. The summed E-state index contributed by atoms with van der Waals surface area (Å²) in [4.78, 5) is 25.8. The fourth-order valence-corrected chi connectivity index (χ4v) is 3.70. The van der Waals surface area contributed by atoms with Crippen LogP contribution in [0.25, 0.3) is 0 Å². The Balaban J connectivity index is 1.23. The van der Waals surface area contributed by atoms with Crippen LogP contribution in [0, 0.1) is 0 Å². The molecule has 5 rings (SSSR count). The smallest absolute Gasteiger partial charge is 0.193 e. The lowest BCUT2D eigenvalue weighted by molar-refractivity contribution is 0.102. The van der Waals surface area contributed by atoms with Crippen LogP contribution in [0.1, 0.15) is 31.8 Å². The van der Waals surface area contributed by atoms with Crippen molar-refractivity contribution in [1.29, 1.82) is 0 Å². The van der Waals surface area contributed by atoms with E-state index in [0.29, 0.717) is 33.8 Å². The molecule has 0 saturated heterocycles. The zero-order valence-corrected chi connectivity index (χ0v) is 19.3. The lowest BCUT2D eigenvalue weighted by Gasteiger charge is -2.08. The van der Waals surface area contributed by atoms with Crippen LogP contribution in [0.3, 0.4) is 0 Å². The minimum atomic E-state index is -0.123. The minimum Gasteiger partial charge on any atom is -0.457 e. The largest absolute Gasteiger partial charge is 0.457 e. The molecule has 0 amide bonds. The zero-order valence-electron chi connectivity index (χ0n) is 19.3. The number of ether oxygens (including phenoxy) is 2. The third-order valence-electron chi connectivity index (χ3n) is 5.60. The van der Waals surface area contributed by atoms with Crippen molar-refractivity contribution < 1.29 is 19.1 Å². The van der Waals surface area contributed by atoms with Crippen molar-refractivity contribution in [3.63, 3.8) is 0 Å². The van der Waals surface area contributed by atoms with Gasteiger partial charge in [-0.2, -0.15) is 0 Å². The lowest BCUT2D eigenvalue weighted by atomic mass is 9.98. The van der Waals surface area contributed by atoms with Gasteiger partial charge in [-0.05, 0) is 72.8 Å². The highest BCUT2D eigenvalue weighted by Crippen LogP contribution is 2.24. The maximum absolute atomic E-state index is 12.9. The summed E-state index contributed by atoms with van der Waals surface area (Å²) in [5.74, 6) is 2.52. The Morgan fingerprint density at radius 3 is 0.889 bits per heavy atom. The topological polar surface area (TPSA) is 52.6 Å². The Morgan fingerprint density at radius 2 is 0.583 bits per heavy atom. The lowest BCUT2D eigenvalue weighted by Crippen LogP contribution is -2.04. The van der Waals surface area contributed by atoms with E-state index in [0.717, 1.165) is 11.5 Å². The Kier molecular flexibility index (Phi) is 6.68. The number of para-hydroxylation sites is 2. The molecule has 0 aliphatic rings. The van der Waals surface area contributed by atoms with Gasteiger partial charge in [0, 0.05) is 22.3 Å². The van der Waals surface area contributed by atoms with Gasteiger partial charge in [0.15, 0.2) is 11.6 Å². The van der Waals surface area contributed by atoms with Gasteiger partial charge in [0.1, 0.15) is 23.0 Å². The summed E-state index contributed by atoms with van der Waals surface area (Å²) in [6, 6.07) is 39.6. The van der Waals surface area contributed by atoms with E-state index in [-0.39, 0.29) is 11.6 Å². The molecule has 0 heterocycles. The third kappa shape index (κ3) is 5.40. The quantitative estimate of drug-likeness (QED) is 0.218. The molecule has 0 aliphatic heterocycles. The molecule has 0 fully saturated rings. The minimum absolute atomic E-state index is 0.123. The summed E-state index contributed by atoms with van der Waals surface area (Å²) < 4.78 is 11.6. The average molecular weight is 471 g/mol. The molecule has 0 aromatic heterocycles. The number of carbonyl (C=O) groups excluding carboxylic acids is 2. The summed E-state index contributed by atoms with van der Waals surface area (Å²) in [5.41, 5.74) is 2.11. The Labute approximate surface area is 209 Å². The van der Waals surface area contributed by atoms with E-state index >= 15 is 0 Å². The number of carbonyl (C=O) groups is 2. The molecule has 0 saturated carbocycles. The van der Waals surface area contributed by atoms with Crippen molar-refractivity contribution in [2.45, 2.75) is 0 Å². The van der Waals surface area contributed by atoms with E-state index in [9.17, 15) is 9.59 Å². The van der Waals surface area contributed by atoms with Crippen LogP contribution < -0.4 is 9.47 Å². The zero-order chi connectivity index (χ0) is 24.7. The molecule has 174 valence electrons. The molecule has 0 bridgehead atoms. The highest BCUT2D eigenvalue weighted by atomic mass is 16.5. The standard InChI is InChI=1S/C32H22O4/c33-31(25-15-19-29(20-16-25)35-27-7-3-1-4-8-27)23-11-13-24(14-12-23)32(34)26-17-21-30(22-18-26)36-28-9-5-2-6-10-28/h1-22H. The Hall–Kier alpha value is -4.96. The van der Waals surface area contributed by atoms with Crippen molar-refractivity contribution in [2.75, 3.05) is 0 Å². The van der Waals surface area contributed by atoms with Gasteiger partial charge in [0.25, 0.3) is 0 Å². The highest BCUT2D eigenvalue weighted by molar-refractivity contribution is 6.11. The normalized spacial score (nSPS) is 10.4. The van der Waals surface area contributed by atoms with E-state index in [1.807, 2.05) is 60.7 Å². The number of hydrogen-bond acceptors (Lipinski definition) is 4. The van der Waals surface area contributed by atoms with Crippen molar-refractivity contribution in [3.8, 4) is 23.0 Å². The maximum Gasteiger partial charge on any atom is 0.193 e. The number of benzene rings is 5. The van der Waals surface area contributed by atoms with Crippen molar-refractivity contribution in [1.82, 2.24) is 0 Å². The van der Waals surface area contributed by atoms with Gasteiger partial charge in [0.2, 0.25) is 0 Å². The molecule has 5 aromatic carbocycles. The maximum atomic E-state index is 12.9. The van der Waals surface area contributed by atoms with Gasteiger partial charge in [-0.25, -0.2) is 0 Å². The van der Waals surface area contributed by atoms with E-state index < -0.39 is 0 Å². The number of rotatable bonds is 8.